The van der Waals surface area contributed by atoms with Gasteiger partial charge in [0.1, 0.15) is 5.82 Å². The molecule has 1 atom stereocenters. The molecule has 0 aliphatic rings. The number of aliphatic hydroxyl groups excluding tert-OH is 1. The van der Waals surface area contributed by atoms with Crippen molar-refractivity contribution in [1.82, 2.24) is 15.2 Å². The van der Waals surface area contributed by atoms with Crippen LogP contribution in [-0.2, 0) is 0 Å². The lowest BCUT2D eigenvalue weighted by Gasteiger charge is -2.20. The highest BCUT2D eigenvalue weighted by Crippen LogP contribution is 2.14. The van der Waals surface area contributed by atoms with Crippen LogP contribution in [0.5, 0.6) is 0 Å². The first-order valence-electron chi connectivity index (χ1n) is 5.75. The first kappa shape index (κ1) is 14.0. The van der Waals surface area contributed by atoms with Gasteiger partial charge < -0.3 is 15.3 Å². The molecular weight excluding hydrogens is 221 g/mol. The maximum Gasteiger partial charge on any atom is 0.141 e. The summed E-state index contributed by atoms with van der Waals surface area (Å²) in [6.45, 7) is 1.67. The van der Waals surface area contributed by atoms with Crippen LogP contribution in [0, 0.1) is 5.82 Å². The summed E-state index contributed by atoms with van der Waals surface area (Å²) >= 11 is 0. The van der Waals surface area contributed by atoms with Crippen molar-refractivity contribution in [1.29, 1.82) is 0 Å². The van der Waals surface area contributed by atoms with Crippen LogP contribution in [0.15, 0.2) is 18.3 Å². The minimum absolute atomic E-state index is 0.108. The average molecular weight is 241 g/mol. The lowest BCUT2D eigenvalue weighted by Crippen LogP contribution is -2.27. The fraction of sp³-hybridized carbons (Fsp3) is 0.583. The van der Waals surface area contributed by atoms with Crippen LogP contribution in [0.4, 0.5) is 4.39 Å². The number of halogens is 1. The third kappa shape index (κ3) is 4.77. The van der Waals surface area contributed by atoms with E-state index in [9.17, 15) is 4.39 Å². The Bertz CT molecular complexity index is 318. The molecule has 0 aliphatic carbocycles. The summed E-state index contributed by atoms with van der Waals surface area (Å²) in [5.41, 5.74) is 0.839. The molecule has 0 aromatic carbocycles. The van der Waals surface area contributed by atoms with Crippen molar-refractivity contribution in [2.45, 2.75) is 12.5 Å². The molecule has 0 aliphatic heterocycles. The van der Waals surface area contributed by atoms with E-state index in [0.717, 1.165) is 18.7 Å². The van der Waals surface area contributed by atoms with Crippen LogP contribution in [0.3, 0.4) is 0 Å². The predicted octanol–water partition coefficient (Wildman–Crippen LogP) is 0.795. The molecule has 0 saturated carbocycles. The number of nitrogens with zero attached hydrogens (tertiary/aromatic N) is 2. The van der Waals surface area contributed by atoms with Crippen molar-refractivity contribution in [3.8, 4) is 0 Å². The second-order valence-corrected chi connectivity index (χ2v) is 4.06. The molecule has 2 N–H and O–H groups in total. The zero-order chi connectivity index (χ0) is 12.7. The van der Waals surface area contributed by atoms with Crippen molar-refractivity contribution in [2.24, 2.45) is 0 Å². The van der Waals surface area contributed by atoms with Gasteiger partial charge in [-0.2, -0.15) is 0 Å². The number of rotatable bonds is 7. The van der Waals surface area contributed by atoms with Crippen LogP contribution in [0.25, 0.3) is 0 Å². The number of hydrogen-bond acceptors (Lipinski definition) is 4. The zero-order valence-electron chi connectivity index (χ0n) is 10.4. The van der Waals surface area contributed by atoms with E-state index in [4.69, 9.17) is 5.11 Å². The first-order valence-corrected chi connectivity index (χ1v) is 5.75. The third-order valence-corrected chi connectivity index (χ3v) is 2.74. The maximum atomic E-state index is 12.7. The molecule has 0 fully saturated rings. The molecule has 1 unspecified atom stereocenters. The van der Waals surface area contributed by atoms with Gasteiger partial charge in [-0.15, -0.1) is 0 Å². The monoisotopic (exact) mass is 241 g/mol. The molecule has 0 bridgehead atoms. The van der Waals surface area contributed by atoms with Gasteiger partial charge in [-0.1, -0.05) is 0 Å². The van der Waals surface area contributed by atoms with Gasteiger partial charge in [-0.25, -0.2) is 4.39 Å². The van der Waals surface area contributed by atoms with Crippen molar-refractivity contribution in [3.05, 3.63) is 29.8 Å². The normalized spacial score (nSPS) is 13.0. The van der Waals surface area contributed by atoms with Crippen LogP contribution in [0.2, 0.25) is 0 Å². The van der Waals surface area contributed by atoms with E-state index in [1.807, 2.05) is 19.0 Å². The molecule has 17 heavy (non-hydrogen) atoms. The second kappa shape index (κ2) is 7.32. The first-order chi connectivity index (χ1) is 8.17. The molecule has 1 aromatic heterocycles. The molecule has 1 rings (SSSR count). The average Bonchev–Trinajstić information content (AvgIpc) is 2.32. The molecule has 0 radical (unpaired) electrons. The van der Waals surface area contributed by atoms with Crippen molar-refractivity contribution in [2.75, 3.05) is 33.8 Å². The largest absolute Gasteiger partial charge is 0.395 e. The van der Waals surface area contributed by atoms with Crippen LogP contribution >= 0.6 is 0 Å². The van der Waals surface area contributed by atoms with E-state index in [2.05, 4.69) is 10.3 Å². The fourth-order valence-corrected chi connectivity index (χ4v) is 1.67. The van der Waals surface area contributed by atoms with Crippen molar-refractivity contribution >= 4 is 0 Å². The van der Waals surface area contributed by atoms with Crippen molar-refractivity contribution in [3.63, 3.8) is 0 Å². The van der Waals surface area contributed by atoms with E-state index in [1.165, 1.54) is 12.3 Å². The number of nitrogens with one attached hydrogen (secondary N) is 1. The predicted molar refractivity (Wildman–Crippen MR) is 65.2 cm³/mol. The zero-order valence-corrected chi connectivity index (χ0v) is 10.4. The third-order valence-electron chi connectivity index (χ3n) is 2.74. The van der Waals surface area contributed by atoms with Crippen LogP contribution < -0.4 is 5.32 Å². The molecule has 5 heteroatoms. The van der Waals surface area contributed by atoms with E-state index >= 15 is 0 Å². The molecule has 0 spiro atoms. The van der Waals surface area contributed by atoms with Gasteiger partial charge >= 0.3 is 0 Å². The van der Waals surface area contributed by atoms with Gasteiger partial charge in [0.15, 0.2) is 0 Å². The molecular formula is C12H20FN3O. The Hall–Kier alpha value is -1.04. The summed E-state index contributed by atoms with van der Waals surface area (Å²) in [6, 6.07) is 3.23. The highest BCUT2D eigenvalue weighted by molar-refractivity contribution is 5.09. The lowest BCUT2D eigenvalue weighted by atomic mass is 10.1. The quantitative estimate of drug-likeness (QED) is 0.741. The van der Waals surface area contributed by atoms with Gasteiger partial charge in [0.05, 0.1) is 24.5 Å². The minimum atomic E-state index is -0.319. The summed E-state index contributed by atoms with van der Waals surface area (Å²) in [5.74, 6) is -0.319. The Morgan fingerprint density at radius 3 is 2.76 bits per heavy atom. The fourth-order valence-electron chi connectivity index (χ4n) is 1.67. The number of aromatic nitrogens is 1. The summed E-state index contributed by atoms with van der Waals surface area (Å²) in [7, 11) is 3.82. The van der Waals surface area contributed by atoms with Gasteiger partial charge in [-0.05, 0) is 39.2 Å². The Kier molecular flexibility index (Phi) is 6.04. The van der Waals surface area contributed by atoms with E-state index in [0.29, 0.717) is 6.54 Å². The van der Waals surface area contributed by atoms with E-state index in [-0.39, 0.29) is 18.5 Å². The number of aliphatic hydroxyl groups is 1. The van der Waals surface area contributed by atoms with Gasteiger partial charge in [-0.3, -0.25) is 4.98 Å². The molecule has 1 aromatic rings. The topological polar surface area (TPSA) is 48.4 Å². The Morgan fingerprint density at radius 1 is 1.47 bits per heavy atom. The smallest absolute Gasteiger partial charge is 0.141 e. The SMILES string of the molecule is CNC(CCN(C)CCO)c1ccc(F)cn1. The molecule has 1 heterocycles. The van der Waals surface area contributed by atoms with Crippen molar-refractivity contribution < 1.29 is 9.50 Å². The van der Waals surface area contributed by atoms with Gasteiger partial charge in [0, 0.05) is 6.54 Å². The summed E-state index contributed by atoms with van der Waals surface area (Å²) in [6.07, 6.45) is 2.10. The number of hydrogen-bond donors (Lipinski definition) is 2. The molecule has 4 nitrogen and oxygen atoms in total. The number of likely N-dealkylation sites (N-methyl/N-ethyl adjacent to an activating group) is 1. The Balaban J connectivity index is 2.51. The van der Waals surface area contributed by atoms with Gasteiger partial charge in [0.2, 0.25) is 0 Å². The van der Waals surface area contributed by atoms with Crippen LogP contribution in [0.1, 0.15) is 18.2 Å². The summed E-state index contributed by atoms with van der Waals surface area (Å²) < 4.78 is 12.7. The Labute approximate surface area is 101 Å². The Morgan fingerprint density at radius 2 is 2.24 bits per heavy atom. The van der Waals surface area contributed by atoms with Crippen LogP contribution in [-0.4, -0.2) is 48.8 Å². The van der Waals surface area contributed by atoms with E-state index < -0.39 is 0 Å². The summed E-state index contributed by atoms with van der Waals surface area (Å²) in [5, 5.41) is 12.0. The molecule has 0 amide bonds. The summed E-state index contributed by atoms with van der Waals surface area (Å²) in [4.78, 5) is 6.12. The minimum Gasteiger partial charge on any atom is -0.395 e. The lowest BCUT2D eigenvalue weighted by molar-refractivity contribution is 0.215. The highest BCUT2D eigenvalue weighted by Gasteiger charge is 2.11. The highest BCUT2D eigenvalue weighted by atomic mass is 19.1. The number of pyridine rings is 1. The molecule has 0 saturated heterocycles. The maximum absolute atomic E-state index is 12.7. The second-order valence-electron chi connectivity index (χ2n) is 4.06. The van der Waals surface area contributed by atoms with Gasteiger partial charge in [0.25, 0.3) is 0 Å². The standard InChI is InChI=1S/C12H20FN3O/c1-14-11(5-6-16(2)7-8-17)12-4-3-10(13)9-15-12/h3-4,9,11,14,17H,5-8H2,1-2H3. The van der Waals surface area contributed by atoms with E-state index in [1.54, 1.807) is 6.07 Å². The molecule has 96 valence electrons.